The fourth-order valence-electron chi connectivity index (χ4n) is 2.53. The number of carbonyl (C=O) groups excluding carboxylic acids is 1. The lowest BCUT2D eigenvalue weighted by Gasteiger charge is -2.30. The summed E-state index contributed by atoms with van der Waals surface area (Å²) in [6.07, 6.45) is 0.877. The molecule has 0 saturated carbocycles. The van der Waals surface area contributed by atoms with Gasteiger partial charge in [-0.3, -0.25) is 9.59 Å². The Hall–Kier alpha value is -1.84. The first kappa shape index (κ1) is 14.6. The Morgan fingerprint density at radius 1 is 1.35 bits per heavy atom. The molecule has 1 N–H and O–H groups in total. The maximum atomic E-state index is 12.5. The Kier molecular flexibility index (Phi) is 3.84. The van der Waals surface area contributed by atoms with Crippen molar-refractivity contribution in [2.75, 3.05) is 11.4 Å². The summed E-state index contributed by atoms with van der Waals surface area (Å²) in [6.45, 7) is 5.99. The number of fused-ring (bicyclic) bond motifs is 1. The predicted octanol–water partition coefficient (Wildman–Crippen LogP) is 2.71. The quantitative estimate of drug-likeness (QED) is 0.919. The highest BCUT2D eigenvalue weighted by molar-refractivity contribution is 5.98. The number of hydrogen-bond acceptors (Lipinski definition) is 2. The van der Waals surface area contributed by atoms with Gasteiger partial charge in [0, 0.05) is 18.7 Å². The van der Waals surface area contributed by atoms with Crippen molar-refractivity contribution in [2.24, 2.45) is 11.3 Å². The molecule has 0 aliphatic carbocycles. The number of carbonyl (C=O) groups is 2. The van der Waals surface area contributed by atoms with Crippen LogP contribution in [-0.4, -0.2) is 23.5 Å². The standard InChI is InChI=1S/C16H21NO3/c1-11(2)16(3,15(19)20)10-14(18)17-9-8-12-6-4-5-7-13(12)17/h4-7,11H,8-10H2,1-3H3,(H,19,20). The van der Waals surface area contributed by atoms with E-state index in [4.69, 9.17) is 0 Å². The van der Waals surface area contributed by atoms with Gasteiger partial charge in [0.25, 0.3) is 0 Å². The number of rotatable bonds is 4. The molecule has 1 aromatic carbocycles. The maximum Gasteiger partial charge on any atom is 0.310 e. The first-order valence-electron chi connectivity index (χ1n) is 6.98. The average molecular weight is 275 g/mol. The Balaban J connectivity index is 2.20. The van der Waals surface area contributed by atoms with Gasteiger partial charge < -0.3 is 10.0 Å². The molecule has 1 aromatic rings. The summed E-state index contributed by atoms with van der Waals surface area (Å²) in [5, 5.41) is 9.42. The molecule has 1 aliphatic heterocycles. The molecule has 0 fully saturated rings. The Bertz CT molecular complexity index is 538. The van der Waals surface area contributed by atoms with Crippen LogP contribution in [-0.2, 0) is 16.0 Å². The van der Waals surface area contributed by atoms with E-state index >= 15 is 0 Å². The third-order valence-corrected chi connectivity index (χ3v) is 4.47. The molecule has 0 aromatic heterocycles. The monoisotopic (exact) mass is 275 g/mol. The molecular weight excluding hydrogens is 254 g/mol. The van der Waals surface area contributed by atoms with Crippen LogP contribution >= 0.6 is 0 Å². The van der Waals surface area contributed by atoms with E-state index < -0.39 is 11.4 Å². The van der Waals surface area contributed by atoms with Crippen molar-refractivity contribution < 1.29 is 14.7 Å². The Labute approximate surface area is 119 Å². The smallest absolute Gasteiger partial charge is 0.310 e. The van der Waals surface area contributed by atoms with Gasteiger partial charge in [-0.1, -0.05) is 32.0 Å². The van der Waals surface area contributed by atoms with Crippen molar-refractivity contribution in [3.05, 3.63) is 29.8 Å². The number of carboxylic acid groups (broad SMARTS) is 1. The number of nitrogens with zero attached hydrogens (tertiary/aromatic N) is 1. The fraction of sp³-hybridized carbons (Fsp3) is 0.500. The normalized spacial score (nSPS) is 16.9. The van der Waals surface area contributed by atoms with Crippen LogP contribution in [0.15, 0.2) is 24.3 Å². The zero-order valence-corrected chi connectivity index (χ0v) is 12.2. The lowest BCUT2D eigenvalue weighted by Crippen LogP contribution is -2.40. The largest absolute Gasteiger partial charge is 0.481 e. The maximum absolute atomic E-state index is 12.5. The summed E-state index contributed by atoms with van der Waals surface area (Å²) >= 11 is 0. The Morgan fingerprint density at radius 3 is 2.60 bits per heavy atom. The minimum absolute atomic E-state index is 0.0360. The van der Waals surface area contributed by atoms with Gasteiger partial charge in [0.1, 0.15) is 0 Å². The first-order chi connectivity index (χ1) is 9.36. The minimum atomic E-state index is -1.02. The van der Waals surface area contributed by atoms with Crippen LogP contribution < -0.4 is 4.90 Å². The molecular formula is C16H21NO3. The number of carboxylic acids is 1. The van der Waals surface area contributed by atoms with Gasteiger partial charge in [0.15, 0.2) is 0 Å². The summed E-state index contributed by atoms with van der Waals surface area (Å²) in [5.74, 6) is -1.11. The van der Waals surface area contributed by atoms with Crippen LogP contribution in [0.1, 0.15) is 32.8 Å². The van der Waals surface area contributed by atoms with Crippen molar-refractivity contribution >= 4 is 17.6 Å². The van der Waals surface area contributed by atoms with Gasteiger partial charge in [-0.2, -0.15) is 0 Å². The third kappa shape index (κ3) is 2.42. The van der Waals surface area contributed by atoms with E-state index in [1.54, 1.807) is 11.8 Å². The number of amides is 1. The molecule has 0 saturated heterocycles. The summed E-state index contributed by atoms with van der Waals surface area (Å²) in [4.78, 5) is 25.7. The predicted molar refractivity (Wildman–Crippen MR) is 77.7 cm³/mol. The van der Waals surface area contributed by atoms with Crippen LogP contribution in [0.3, 0.4) is 0 Å². The second kappa shape index (κ2) is 5.27. The number of anilines is 1. The van der Waals surface area contributed by atoms with E-state index in [1.807, 2.05) is 38.1 Å². The van der Waals surface area contributed by atoms with E-state index in [0.717, 1.165) is 17.7 Å². The number of para-hydroxylation sites is 1. The molecule has 1 amide bonds. The lowest BCUT2D eigenvalue weighted by molar-refractivity contribution is -0.153. The SMILES string of the molecule is CC(C)C(C)(CC(=O)N1CCc2ccccc21)C(=O)O. The third-order valence-electron chi connectivity index (χ3n) is 4.47. The molecule has 4 nitrogen and oxygen atoms in total. The van der Waals surface area contributed by atoms with E-state index in [0.29, 0.717) is 6.54 Å². The van der Waals surface area contributed by atoms with Crippen LogP contribution in [0.5, 0.6) is 0 Å². The van der Waals surface area contributed by atoms with Crippen LogP contribution in [0.25, 0.3) is 0 Å². The molecule has 108 valence electrons. The number of aliphatic carboxylic acids is 1. The van der Waals surface area contributed by atoms with Gasteiger partial charge in [-0.05, 0) is 30.9 Å². The first-order valence-corrected chi connectivity index (χ1v) is 6.98. The van der Waals surface area contributed by atoms with Crippen molar-refractivity contribution in [2.45, 2.75) is 33.6 Å². The van der Waals surface area contributed by atoms with Crippen molar-refractivity contribution in [1.82, 2.24) is 0 Å². The van der Waals surface area contributed by atoms with Crippen molar-refractivity contribution in [1.29, 1.82) is 0 Å². The minimum Gasteiger partial charge on any atom is -0.481 e. The molecule has 1 unspecified atom stereocenters. The Morgan fingerprint density at radius 2 is 2.00 bits per heavy atom. The van der Waals surface area contributed by atoms with Gasteiger partial charge in [0.2, 0.25) is 5.91 Å². The molecule has 20 heavy (non-hydrogen) atoms. The van der Waals surface area contributed by atoms with Crippen molar-refractivity contribution in [3.8, 4) is 0 Å². The highest BCUT2D eigenvalue weighted by Gasteiger charge is 2.40. The molecule has 1 atom stereocenters. The van der Waals surface area contributed by atoms with E-state index in [1.165, 1.54) is 0 Å². The molecule has 0 radical (unpaired) electrons. The van der Waals surface area contributed by atoms with E-state index in [9.17, 15) is 14.7 Å². The summed E-state index contributed by atoms with van der Waals surface area (Å²) in [5.41, 5.74) is 1.06. The second-order valence-electron chi connectivity index (χ2n) is 5.98. The molecule has 2 rings (SSSR count). The van der Waals surface area contributed by atoms with E-state index in [2.05, 4.69) is 0 Å². The highest BCUT2D eigenvalue weighted by atomic mass is 16.4. The fourth-order valence-corrected chi connectivity index (χ4v) is 2.53. The van der Waals surface area contributed by atoms with Crippen LogP contribution in [0, 0.1) is 11.3 Å². The summed E-state index contributed by atoms with van der Waals surface area (Å²) in [6, 6.07) is 7.81. The van der Waals surface area contributed by atoms with Crippen LogP contribution in [0.2, 0.25) is 0 Å². The topological polar surface area (TPSA) is 57.6 Å². The number of hydrogen-bond donors (Lipinski definition) is 1. The van der Waals surface area contributed by atoms with Crippen molar-refractivity contribution in [3.63, 3.8) is 0 Å². The molecule has 0 spiro atoms. The zero-order valence-electron chi connectivity index (χ0n) is 12.2. The van der Waals surface area contributed by atoms with E-state index in [-0.39, 0.29) is 18.2 Å². The van der Waals surface area contributed by atoms with Gasteiger partial charge in [-0.25, -0.2) is 0 Å². The summed E-state index contributed by atoms with van der Waals surface area (Å²) in [7, 11) is 0. The van der Waals surface area contributed by atoms with Crippen LogP contribution in [0.4, 0.5) is 5.69 Å². The lowest BCUT2D eigenvalue weighted by atomic mass is 9.76. The number of benzene rings is 1. The molecule has 4 heteroatoms. The average Bonchev–Trinajstić information content (AvgIpc) is 2.81. The highest BCUT2D eigenvalue weighted by Crippen LogP contribution is 2.35. The van der Waals surface area contributed by atoms with Gasteiger partial charge in [0.05, 0.1) is 5.41 Å². The van der Waals surface area contributed by atoms with Gasteiger partial charge in [-0.15, -0.1) is 0 Å². The molecule has 1 heterocycles. The molecule has 1 aliphatic rings. The zero-order chi connectivity index (χ0) is 14.9. The van der Waals surface area contributed by atoms with Gasteiger partial charge >= 0.3 is 5.97 Å². The summed E-state index contributed by atoms with van der Waals surface area (Å²) < 4.78 is 0. The second-order valence-corrected chi connectivity index (χ2v) is 5.98. The molecule has 0 bridgehead atoms.